The lowest BCUT2D eigenvalue weighted by atomic mass is 10.1. The molecule has 222 valence electrons. The fourth-order valence-corrected chi connectivity index (χ4v) is 4.79. The van der Waals surface area contributed by atoms with Gasteiger partial charge in [-0.3, -0.25) is 4.79 Å². The first-order valence-corrected chi connectivity index (χ1v) is 13.8. The van der Waals surface area contributed by atoms with Gasteiger partial charge in [0.1, 0.15) is 6.54 Å². The van der Waals surface area contributed by atoms with Gasteiger partial charge in [-0.25, -0.2) is 4.79 Å². The van der Waals surface area contributed by atoms with Crippen LogP contribution in [0.3, 0.4) is 0 Å². The van der Waals surface area contributed by atoms with Crippen molar-refractivity contribution in [2.45, 2.75) is 25.6 Å². The molecule has 8 nitrogen and oxygen atoms in total. The predicted molar refractivity (Wildman–Crippen MR) is 152 cm³/mol. The highest BCUT2D eigenvalue weighted by Gasteiger charge is 2.31. The van der Waals surface area contributed by atoms with Crippen LogP contribution in [0.15, 0.2) is 60.0 Å². The van der Waals surface area contributed by atoms with Gasteiger partial charge >= 0.3 is 12.2 Å². The molecule has 0 saturated carbocycles. The zero-order chi connectivity index (χ0) is 29.8. The van der Waals surface area contributed by atoms with Gasteiger partial charge < -0.3 is 29.3 Å². The lowest BCUT2D eigenvalue weighted by Gasteiger charge is -2.28. The number of nitrogens with one attached hydrogen (secondary N) is 1. The van der Waals surface area contributed by atoms with E-state index in [1.54, 1.807) is 25.2 Å². The number of alkyl halides is 3. The van der Waals surface area contributed by atoms with Gasteiger partial charge in [-0.15, -0.1) is 11.3 Å². The minimum atomic E-state index is -4.55. The smallest absolute Gasteiger partial charge is 0.416 e. The van der Waals surface area contributed by atoms with Crippen LogP contribution < -0.4 is 14.8 Å². The molecule has 1 heterocycles. The Bertz CT molecular complexity index is 1270. The number of thiophene rings is 1. The van der Waals surface area contributed by atoms with E-state index in [2.05, 4.69) is 5.32 Å². The van der Waals surface area contributed by atoms with Crippen molar-refractivity contribution in [3.8, 4) is 11.5 Å². The lowest BCUT2D eigenvalue weighted by molar-refractivity contribution is -0.137. The summed E-state index contributed by atoms with van der Waals surface area (Å²) in [4.78, 5) is 30.7. The summed E-state index contributed by atoms with van der Waals surface area (Å²) >= 11 is 1.52. The third-order valence-corrected chi connectivity index (χ3v) is 7.09. The second-order valence-corrected chi connectivity index (χ2v) is 10.1. The largest absolute Gasteiger partial charge is 0.493 e. The Balaban J connectivity index is 1.76. The quantitative estimate of drug-likeness (QED) is 0.235. The van der Waals surface area contributed by atoms with E-state index in [0.29, 0.717) is 44.0 Å². The molecule has 0 saturated heterocycles. The molecule has 3 aromatic rings. The van der Waals surface area contributed by atoms with Crippen LogP contribution in [-0.4, -0.2) is 69.3 Å². The fourth-order valence-electron chi connectivity index (χ4n) is 4.07. The molecule has 0 unspecified atom stereocenters. The third-order valence-electron chi connectivity index (χ3n) is 6.23. The topological polar surface area (TPSA) is 80.3 Å². The molecular weight excluding hydrogens is 559 g/mol. The van der Waals surface area contributed by atoms with Crippen LogP contribution in [0.2, 0.25) is 0 Å². The average molecular weight is 594 g/mol. The van der Waals surface area contributed by atoms with E-state index < -0.39 is 17.8 Å². The van der Waals surface area contributed by atoms with Gasteiger partial charge in [-0.05, 0) is 60.2 Å². The highest BCUT2D eigenvalue weighted by Crippen LogP contribution is 2.31. The van der Waals surface area contributed by atoms with E-state index in [-0.39, 0.29) is 24.7 Å². The number of rotatable bonds is 14. The molecule has 0 aliphatic heterocycles. The Morgan fingerprint density at radius 2 is 1.71 bits per heavy atom. The van der Waals surface area contributed by atoms with E-state index in [0.717, 1.165) is 22.6 Å². The zero-order valence-corrected chi connectivity index (χ0v) is 24.0. The molecule has 0 fully saturated rings. The van der Waals surface area contributed by atoms with Gasteiger partial charge in [0.2, 0.25) is 5.91 Å². The third kappa shape index (κ3) is 9.68. The number of methoxy groups -OCH3 is 3. The first kappa shape index (κ1) is 31.8. The van der Waals surface area contributed by atoms with Crippen molar-refractivity contribution in [1.29, 1.82) is 0 Å². The Morgan fingerprint density at radius 3 is 2.37 bits per heavy atom. The van der Waals surface area contributed by atoms with Gasteiger partial charge in [0.05, 0.1) is 26.3 Å². The summed E-state index contributed by atoms with van der Waals surface area (Å²) in [5.74, 6) is 0.883. The molecule has 0 spiro atoms. The Morgan fingerprint density at radius 1 is 0.927 bits per heavy atom. The van der Waals surface area contributed by atoms with Gasteiger partial charge in [-0.1, -0.05) is 18.2 Å². The van der Waals surface area contributed by atoms with E-state index in [9.17, 15) is 22.8 Å². The first-order chi connectivity index (χ1) is 19.6. The zero-order valence-electron chi connectivity index (χ0n) is 23.2. The Hall–Kier alpha value is -3.77. The monoisotopic (exact) mass is 593 g/mol. The van der Waals surface area contributed by atoms with Crippen LogP contribution in [0.1, 0.15) is 22.4 Å². The van der Waals surface area contributed by atoms with Crippen molar-refractivity contribution in [1.82, 2.24) is 9.80 Å². The number of carbonyl (C=O) groups is 2. The van der Waals surface area contributed by atoms with Gasteiger partial charge in [0.15, 0.2) is 11.5 Å². The summed E-state index contributed by atoms with van der Waals surface area (Å²) < 4.78 is 55.3. The number of anilines is 1. The number of nitrogens with zero attached hydrogens (tertiary/aromatic N) is 2. The molecule has 1 aromatic heterocycles. The predicted octanol–water partition coefficient (Wildman–Crippen LogP) is 5.93. The number of hydrogen-bond acceptors (Lipinski definition) is 6. The highest BCUT2D eigenvalue weighted by molar-refractivity contribution is 7.09. The highest BCUT2D eigenvalue weighted by atomic mass is 32.1. The van der Waals surface area contributed by atoms with Gasteiger partial charge in [-0.2, -0.15) is 13.2 Å². The van der Waals surface area contributed by atoms with E-state index in [1.165, 1.54) is 35.5 Å². The number of ether oxygens (including phenoxy) is 3. The van der Waals surface area contributed by atoms with Crippen molar-refractivity contribution in [3.63, 3.8) is 0 Å². The minimum Gasteiger partial charge on any atom is -0.493 e. The second kappa shape index (κ2) is 15.3. The van der Waals surface area contributed by atoms with E-state index in [1.807, 2.05) is 29.6 Å². The molecule has 41 heavy (non-hydrogen) atoms. The summed E-state index contributed by atoms with van der Waals surface area (Å²) in [6.45, 7) is 0.983. The molecule has 2 aromatic carbocycles. The molecule has 1 N–H and O–H groups in total. The fraction of sp³-hybridized carbons (Fsp3) is 0.379. The first-order valence-electron chi connectivity index (χ1n) is 12.9. The van der Waals surface area contributed by atoms with Crippen molar-refractivity contribution in [2.75, 3.05) is 52.9 Å². The molecule has 0 aliphatic carbocycles. The summed E-state index contributed by atoms with van der Waals surface area (Å²) in [5, 5.41) is 4.43. The number of carbonyl (C=O) groups excluding carboxylic acids is 2. The van der Waals surface area contributed by atoms with Crippen LogP contribution in [0.5, 0.6) is 11.5 Å². The van der Waals surface area contributed by atoms with Crippen molar-refractivity contribution in [2.24, 2.45) is 0 Å². The maximum atomic E-state index is 13.6. The number of amides is 3. The average Bonchev–Trinajstić information content (AvgIpc) is 3.47. The summed E-state index contributed by atoms with van der Waals surface area (Å²) in [5.41, 5.74) is 0.0402. The van der Waals surface area contributed by atoms with Gasteiger partial charge in [0.25, 0.3) is 0 Å². The van der Waals surface area contributed by atoms with Crippen molar-refractivity contribution < 1.29 is 37.0 Å². The van der Waals surface area contributed by atoms with Crippen LogP contribution in [0.25, 0.3) is 0 Å². The number of halogens is 3. The summed E-state index contributed by atoms with van der Waals surface area (Å²) in [6, 6.07) is 13.1. The molecule has 12 heteroatoms. The van der Waals surface area contributed by atoms with Crippen LogP contribution in [-0.2, 0) is 28.7 Å². The number of hydrogen-bond donors (Lipinski definition) is 1. The summed E-state index contributed by atoms with van der Waals surface area (Å²) in [7, 11) is 4.63. The maximum absolute atomic E-state index is 13.6. The van der Waals surface area contributed by atoms with Crippen LogP contribution >= 0.6 is 11.3 Å². The maximum Gasteiger partial charge on any atom is 0.416 e. The molecule has 0 aliphatic rings. The molecule has 0 bridgehead atoms. The Labute approximate surface area is 241 Å². The Kier molecular flexibility index (Phi) is 11.8. The van der Waals surface area contributed by atoms with Gasteiger partial charge in [0, 0.05) is 37.4 Å². The van der Waals surface area contributed by atoms with Crippen LogP contribution in [0, 0.1) is 0 Å². The second-order valence-electron chi connectivity index (χ2n) is 9.11. The van der Waals surface area contributed by atoms with Crippen LogP contribution in [0.4, 0.5) is 23.7 Å². The normalized spacial score (nSPS) is 11.2. The van der Waals surface area contributed by atoms with Crippen molar-refractivity contribution >= 4 is 29.0 Å². The van der Waals surface area contributed by atoms with Crippen molar-refractivity contribution in [3.05, 3.63) is 76.0 Å². The molecule has 0 radical (unpaired) electrons. The molecule has 0 atom stereocenters. The standard InChI is InChI=1S/C29H34F3N3O5S/c1-38-15-6-13-35(28(37)33-23-8-4-7-22(18-23)29(30,31)32)20-27(36)34(19-24-9-5-16-41-24)14-12-21-10-11-25(39-2)26(17-21)40-3/h4-5,7-11,16-18H,6,12-15,19-20H2,1-3H3,(H,33,37). The molecule has 3 amide bonds. The minimum absolute atomic E-state index is 0.0158. The number of urea groups is 1. The molecular formula is C29H34F3N3O5S. The van der Waals surface area contributed by atoms with E-state index in [4.69, 9.17) is 14.2 Å². The molecule has 3 rings (SSSR count). The van der Waals surface area contributed by atoms with E-state index >= 15 is 0 Å². The lowest BCUT2D eigenvalue weighted by Crippen LogP contribution is -2.45. The summed E-state index contributed by atoms with van der Waals surface area (Å²) in [6.07, 6.45) is -3.58. The number of benzene rings is 2. The SMILES string of the molecule is COCCCN(CC(=O)N(CCc1ccc(OC)c(OC)c1)Cc1cccs1)C(=O)Nc1cccc(C(F)(F)F)c1.